The van der Waals surface area contributed by atoms with Crippen molar-refractivity contribution in [3.63, 3.8) is 0 Å². The molecule has 0 aliphatic carbocycles. The van der Waals surface area contributed by atoms with E-state index >= 15 is 0 Å². The highest BCUT2D eigenvalue weighted by molar-refractivity contribution is 5.85. The predicted molar refractivity (Wildman–Crippen MR) is 66.1 cm³/mol. The van der Waals surface area contributed by atoms with Crippen LogP contribution < -0.4 is 5.32 Å². The molecule has 0 saturated carbocycles. The van der Waals surface area contributed by atoms with Crippen molar-refractivity contribution in [2.45, 2.75) is 18.9 Å². The van der Waals surface area contributed by atoms with Crippen LogP contribution in [0.3, 0.4) is 0 Å². The van der Waals surface area contributed by atoms with Crippen LogP contribution in [-0.4, -0.2) is 74.1 Å². The Morgan fingerprint density at radius 2 is 2.44 bits per heavy atom. The fourth-order valence-corrected chi connectivity index (χ4v) is 2.30. The molecule has 18 heavy (non-hydrogen) atoms. The van der Waals surface area contributed by atoms with E-state index in [0.717, 1.165) is 19.5 Å². The Morgan fingerprint density at radius 1 is 1.61 bits per heavy atom. The summed E-state index contributed by atoms with van der Waals surface area (Å²) in [7, 11) is 1.76. The minimum absolute atomic E-state index is 0.0144. The Balaban J connectivity index is 1.75. The van der Waals surface area contributed by atoms with E-state index < -0.39 is 0 Å². The van der Waals surface area contributed by atoms with Crippen molar-refractivity contribution < 1.29 is 14.3 Å². The normalized spacial score (nSPS) is 24.4. The van der Waals surface area contributed by atoms with Gasteiger partial charge in [0, 0.05) is 39.6 Å². The van der Waals surface area contributed by atoms with Crippen molar-refractivity contribution >= 4 is 11.8 Å². The minimum atomic E-state index is -0.0144. The molecule has 2 aliphatic heterocycles. The van der Waals surface area contributed by atoms with Gasteiger partial charge in [-0.15, -0.1) is 0 Å². The van der Waals surface area contributed by atoms with Gasteiger partial charge in [0.25, 0.3) is 0 Å². The van der Waals surface area contributed by atoms with Gasteiger partial charge in [-0.1, -0.05) is 0 Å². The fourth-order valence-electron chi connectivity index (χ4n) is 2.30. The number of ether oxygens (including phenoxy) is 1. The Kier molecular flexibility index (Phi) is 4.54. The zero-order chi connectivity index (χ0) is 13.0. The average molecular weight is 255 g/mol. The molecule has 102 valence electrons. The summed E-state index contributed by atoms with van der Waals surface area (Å²) in [6.07, 6.45) is 1.50. The Morgan fingerprint density at radius 3 is 3.06 bits per heavy atom. The molecule has 1 atom stereocenters. The van der Waals surface area contributed by atoms with Crippen molar-refractivity contribution in [1.29, 1.82) is 0 Å². The molecule has 0 aromatic rings. The van der Waals surface area contributed by atoms with Gasteiger partial charge in [0.2, 0.25) is 11.8 Å². The quantitative estimate of drug-likeness (QED) is 0.704. The van der Waals surface area contributed by atoms with Crippen molar-refractivity contribution in [3.05, 3.63) is 0 Å². The lowest BCUT2D eigenvalue weighted by Gasteiger charge is -2.29. The van der Waals surface area contributed by atoms with Crippen LogP contribution in [0.15, 0.2) is 0 Å². The van der Waals surface area contributed by atoms with E-state index in [4.69, 9.17) is 4.74 Å². The summed E-state index contributed by atoms with van der Waals surface area (Å²) in [5.41, 5.74) is 0. The van der Waals surface area contributed by atoms with Crippen molar-refractivity contribution in [1.82, 2.24) is 15.1 Å². The van der Waals surface area contributed by atoms with E-state index in [1.165, 1.54) is 0 Å². The van der Waals surface area contributed by atoms with Crippen molar-refractivity contribution in [2.75, 3.05) is 46.4 Å². The first-order valence-electron chi connectivity index (χ1n) is 6.51. The maximum atomic E-state index is 12.0. The summed E-state index contributed by atoms with van der Waals surface area (Å²) in [4.78, 5) is 26.7. The molecule has 6 nitrogen and oxygen atoms in total. The third-order valence-electron chi connectivity index (χ3n) is 3.41. The minimum Gasteiger partial charge on any atom is -0.374 e. The molecule has 0 aromatic heterocycles. The first-order valence-corrected chi connectivity index (χ1v) is 6.51. The van der Waals surface area contributed by atoms with E-state index in [-0.39, 0.29) is 24.5 Å². The van der Waals surface area contributed by atoms with Crippen LogP contribution in [0.1, 0.15) is 12.8 Å². The third kappa shape index (κ3) is 3.43. The number of nitrogens with one attached hydrogen (secondary N) is 1. The first kappa shape index (κ1) is 13.3. The molecular weight excluding hydrogens is 234 g/mol. The van der Waals surface area contributed by atoms with Crippen LogP contribution in [0.2, 0.25) is 0 Å². The molecule has 0 bridgehead atoms. The highest BCUT2D eigenvalue weighted by Crippen LogP contribution is 2.09. The van der Waals surface area contributed by atoms with Crippen LogP contribution >= 0.6 is 0 Å². The number of hydrogen-bond acceptors (Lipinski definition) is 4. The van der Waals surface area contributed by atoms with E-state index in [9.17, 15) is 9.59 Å². The highest BCUT2D eigenvalue weighted by Gasteiger charge is 2.25. The number of carbonyl (C=O) groups excluding carboxylic acids is 2. The molecule has 2 amide bonds. The van der Waals surface area contributed by atoms with Gasteiger partial charge in [0.15, 0.2) is 0 Å². The standard InChI is InChI=1S/C12H21N3O3/c1-14(8-10-7-13-4-6-18-10)12(17)9-15-5-2-3-11(15)16/h10,13H,2-9H2,1H3. The summed E-state index contributed by atoms with van der Waals surface area (Å²) in [5, 5.41) is 3.23. The summed E-state index contributed by atoms with van der Waals surface area (Å²) in [6, 6.07) is 0. The van der Waals surface area contributed by atoms with E-state index in [2.05, 4.69) is 5.32 Å². The number of amides is 2. The van der Waals surface area contributed by atoms with Crippen LogP contribution in [0.5, 0.6) is 0 Å². The number of nitrogens with zero attached hydrogens (tertiary/aromatic N) is 2. The topological polar surface area (TPSA) is 61.9 Å². The van der Waals surface area contributed by atoms with Crippen LogP contribution in [-0.2, 0) is 14.3 Å². The molecule has 0 radical (unpaired) electrons. The maximum Gasteiger partial charge on any atom is 0.242 e. The lowest BCUT2D eigenvalue weighted by atomic mass is 10.3. The monoisotopic (exact) mass is 255 g/mol. The first-order chi connectivity index (χ1) is 8.66. The molecule has 1 N–H and O–H groups in total. The number of likely N-dealkylation sites (tertiary alicyclic amines) is 1. The number of morpholine rings is 1. The molecule has 2 heterocycles. The lowest BCUT2D eigenvalue weighted by Crippen LogP contribution is -2.47. The third-order valence-corrected chi connectivity index (χ3v) is 3.41. The lowest BCUT2D eigenvalue weighted by molar-refractivity contribution is -0.138. The second-order valence-corrected chi connectivity index (χ2v) is 4.89. The van der Waals surface area contributed by atoms with E-state index in [0.29, 0.717) is 26.1 Å². The van der Waals surface area contributed by atoms with Gasteiger partial charge < -0.3 is 19.9 Å². The highest BCUT2D eigenvalue weighted by atomic mass is 16.5. The summed E-state index contributed by atoms with van der Waals surface area (Å²) in [5.74, 6) is 0.0757. The van der Waals surface area contributed by atoms with Gasteiger partial charge in [-0.3, -0.25) is 9.59 Å². The molecule has 2 rings (SSSR count). The van der Waals surface area contributed by atoms with Crippen molar-refractivity contribution in [3.8, 4) is 0 Å². The smallest absolute Gasteiger partial charge is 0.242 e. The predicted octanol–water partition coefficient (Wildman–Crippen LogP) is -0.944. The molecule has 2 aliphatic rings. The number of carbonyl (C=O) groups is 2. The van der Waals surface area contributed by atoms with Crippen LogP contribution in [0, 0.1) is 0 Å². The van der Waals surface area contributed by atoms with Crippen molar-refractivity contribution in [2.24, 2.45) is 0 Å². The van der Waals surface area contributed by atoms with Gasteiger partial charge in [0.1, 0.15) is 0 Å². The maximum absolute atomic E-state index is 12.0. The Hall–Kier alpha value is -1.14. The zero-order valence-electron chi connectivity index (χ0n) is 10.9. The largest absolute Gasteiger partial charge is 0.374 e. The van der Waals surface area contributed by atoms with Gasteiger partial charge in [-0.25, -0.2) is 0 Å². The second kappa shape index (κ2) is 6.15. The molecule has 0 spiro atoms. The van der Waals surface area contributed by atoms with E-state index in [1.807, 2.05) is 0 Å². The number of rotatable bonds is 4. The SMILES string of the molecule is CN(CC1CNCCO1)C(=O)CN1CCCC1=O. The molecule has 1 unspecified atom stereocenters. The van der Waals surface area contributed by atoms with Gasteiger partial charge in [-0.05, 0) is 6.42 Å². The van der Waals surface area contributed by atoms with Gasteiger partial charge in [0.05, 0.1) is 19.3 Å². The van der Waals surface area contributed by atoms with E-state index in [1.54, 1.807) is 16.8 Å². The molecule has 0 aromatic carbocycles. The second-order valence-electron chi connectivity index (χ2n) is 4.89. The average Bonchev–Trinajstić information content (AvgIpc) is 2.76. The zero-order valence-corrected chi connectivity index (χ0v) is 10.9. The van der Waals surface area contributed by atoms with Gasteiger partial charge >= 0.3 is 0 Å². The Labute approximate surface area is 107 Å². The number of likely N-dealkylation sites (N-methyl/N-ethyl adjacent to an activating group) is 1. The molecule has 2 saturated heterocycles. The number of hydrogen-bond donors (Lipinski definition) is 1. The summed E-state index contributed by atoms with van der Waals surface area (Å²) >= 11 is 0. The summed E-state index contributed by atoms with van der Waals surface area (Å²) in [6.45, 7) is 3.83. The molecule has 2 fully saturated rings. The van der Waals surface area contributed by atoms with Gasteiger partial charge in [-0.2, -0.15) is 0 Å². The molecule has 6 heteroatoms. The summed E-state index contributed by atoms with van der Waals surface area (Å²) < 4.78 is 5.55. The van der Waals surface area contributed by atoms with Crippen LogP contribution in [0.4, 0.5) is 0 Å². The van der Waals surface area contributed by atoms with Crippen LogP contribution in [0.25, 0.3) is 0 Å². The molecular formula is C12H21N3O3. The Bertz CT molecular complexity index is 316. The fraction of sp³-hybridized carbons (Fsp3) is 0.833.